The minimum Gasteiger partial charge on any atom is -0.497 e. The van der Waals surface area contributed by atoms with Crippen molar-refractivity contribution in [3.8, 4) is 5.75 Å². The van der Waals surface area contributed by atoms with Crippen molar-refractivity contribution in [3.05, 3.63) is 60.3 Å². The summed E-state index contributed by atoms with van der Waals surface area (Å²) < 4.78 is 32.7. The Labute approximate surface area is 153 Å². The van der Waals surface area contributed by atoms with Crippen LogP contribution in [0.2, 0.25) is 0 Å². The minimum atomic E-state index is -3.44. The van der Waals surface area contributed by atoms with E-state index < -0.39 is 10.0 Å². The summed E-state index contributed by atoms with van der Waals surface area (Å²) in [5.41, 5.74) is 2.13. The molecule has 1 aromatic heterocycles. The second kappa shape index (κ2) is 6.78. The van der Waals surface area contributed by atoms with E-state index in [-0.39, 0.29) is 5.92 Å². The Hall–Kier alpha value is -2.31. The number of fused-ring (bicyclic) bond motifs is 1. The fourth-order valence-electron chi connectivity index (χ4n) is 3.64. The molecule has 1 aliphatic heterocycles. The van der Waals surface area contributed by atoms with Gasteiger partial charge in [-0.25, -0.2) is 8.42 Å². The maximum atomic E-state index is 12.9. The molecule has 1 saturated heterocycles. The van der Waals surface area contributed by atoms with Crippen molar-refractivity contribution in [3.63, 3.8) is 0 Å². The number of nitrogens with zero attached hydrogens (tertiary/aromatic N) is 1. The van der Waals surface area contributed by atoms with E-state index in [1.165, 1.54) is 0 Å². The molecular weight excluding hydrogens is 348 g/mol. The van der Waals surface area contributed by atoms with Gasteiger partial charge in [-0.3, -0.25) is 0 Å². The van der Waals surface area contributed by atoms with Crippen LogP contribution in [0.3, 0.4) is 0 Å². The first kappa shape index (κ1) is 17.1. The van der Waals surface area contributed by atoms with Crippen LogP contribution in [0.1, 0.15) is 24.5 Å². The SMILES string of the molecule is COc1ccc2[nH]c(C3CCCN(S(=O)(=O)c4ccccc4)C3)cc2c1. The second-order valence-electron chi connectivity index (χ2n) is 6.69. The van der Waals surface area contributed by atoms with Crippen molar-refractivity contribution >= 4 is 20.9 Å². The number of piperidine rings is 1. The fourth-order valence-corrected chi connectivity index (χ4v) is 5.18. The summed E-state index contributed by atoms with van der Waals surface area (Å²) in [7, 11) is -1.79. The van der Waals surface area contributed by atoms with Crippen LogP contribution < -0.4 is 4.74 Å². The maximum absolute atomic E-state index is 12.9. The molecule has 1 aliphatic rings. The van der Waals surface area contributed by atoms with Crippen LogP contribution in [0.5, 0.6) is 5.75 Å². The van der Waals surface area contributed by atoms with E-state index in [9.17, 15) is 8.42 Å². The van der Waals surface area contributed by atoms with Crippen molar-refractivity contribution in [1.29, 1.82) is 0 Å². The molecule has 0 spiro atoms. The zero-order valence-electron chi connectivity index (χ0n) is 14.7. The molecule has 2 aromatic carbocycles. The third-order valence-corrected chi connectivity index (χ3v) is 6.93. The molecule has 5 nitrogen and oxygen atoms in total. The lowest BCUT2D eigenvalue weighted by Crippen LogP contribution is -2.39. The smallest absolute Gasteiger partial charge is 0.243 e. The Kier molecular flexibility index (Phi) is 4.46. The van der Waals surface area contributed by atoms with Gasteiger partial charge >= 0.3 is 0 Å². The van der Waals surface area contributed by atoms with Crippen LogP contribution in [0.15, 0.2) is 59.5 Å². The van der Waals surface area contributed by atoms with Gasteiger partial charge in [0, 0.05) is 35.6 Å². The monoisotopic (exact) mass is 370 g/mol. The van der Waals surface area contributed by atoms with Crippen LogP contribution in [-0.2, 0) is 10.0 Å². The van der Waals surface area contributed by atoms with Crippen LogP contribution in [0.4, 0.5) is 0 Å². The lowest BCUT2D eigenvalue weighted by molar-refractivity contribution is 0.313. The summed E-state index contributed by atoms with van der Waals surface area (Å²) in [6.07, 6.45) is 1.83. The van der Waals surface area contributed by atoms with E-state index in [1.54, 1.807) is 35.7 Å². The summed E-state index contributed by atoms with van der Waals surface area (Å²) in [4.78, 5) is 3.81. The standard InChI is InChI=1S/C20H22N2O3S/c1-25-17-9-10-19-16(12-17)13-20(21-19)15-6-5-11-22(14-15)26(23,24)18-7-3-2-4-8-18/h2-4,7-10,12-13,15,21H,5-6,11,14H2,1H3. The lowest BCUT2D eigenvalue weighted by atomic mass is 9.96. The molecule has 0 bridgehead atoms. The minimum absolute atomic E-state index is 0.167. The van der Waals surface area contributed by atoms with Crippen molar-refractivity contribution in [2.75, 3.05) is 20.2 Å². The Morgan fingerprint density at radius 3 is 2.69 bits per heavy atom. The van der Waals surface area contributed by atoms with Crippen molar-refractivity contribution < 1.29 is 13.2 Å². The van der Waals surface area contributed by atoms with Crippen molar-refractivity contribution in [1.82, 2.24) is 9.29 Å². The first-order chi connectivity index (χ1) is 12.6. The van der Waals surface area contributed by atoms with Crippen LogP contribution in [0, 0.1) is 0 Å². The predicted molar refractivity (Wildman–Crippen MR) is 102 cm³/mol. The van der Waals surface area contributed by atoms with E-state index in [4.69, 9.17) is 4.74 Å². The van der Waals surface area contributed by atoms with Crippen LogP contribution in [0.25, 0.3) is 10.9 Å². The van der Waals surface area contributed by atoms with Crippen molar-refractivity contribution in [2.24, 2.45) is 0 Å². The fraction of sp³-hybridized carbons (Fsp3) is 0.300. The highest BCUT2D eigenvalue weighted by Gasteiger charge is 2.31. The average Bonchev–Trinajstić information content (AvgIpc) is 3.12. The second-order valence-corrected chi connectivity index (χ2v) is 8.63. The van der Waals surface area contributed by atoms with E-state index in [2.05, 4.69) is 11.1 Å². The van der Waals surface area contributed by atoms with Gasteiger partial charge in [-0.2, -0.15) is 4.31 Å². The Balaban J connectivity index is 1.61. The van der Waals surface area contributed by atoms with E-state index in [0.717, 1.165) is 35.2 Å². The van der Waals surface area contributed by atoms with Gasteiger partial charge < -0.3 is 9.72 Å². The third-order valence-electron chi connectivity index (χ3n) is 5.05. The maximum Gasteiger partial charge on any atom is 0.243 e. The average molecular weight is 370 g/mol. The van der Waals surface area contributed by atoms with E-state index >= 15 is 0 Å². The number of rotatable bonds is 4. The first-order valence-corrected chi connectivity index (χ1v) is 10.2. The van der Waals surface area contributed by atoms with Gasteiger partial charge in [0.2, 0.25) is 10.0 Å². The lowest BCUT2D eigenvalue weighted by Gasteiger charge is -2.31. The molecule has 1 N–H and O–H groups in total. The Morgan fingerprint density at radius 1 is 1.12 bits per heavy atom. The number of aromatic nitrogens is 1. The highest BCUT2D eigenvalue weighted by molar-refractivity contribution is 7.89. The third kappa shape index (κ3) is 3.10. The van der Waals surface area contributed by atoms with E-state index in [0.29, 0.717) is 18.0 Å². The molecule has 0 radical (unpaired) electrons. The number of ether oxygens (including phenoxy) is 1. The van der Waals surface area contributed by atoms with Gasteiger partial charge in [0.15, 0.2) is 0 Å². The zero-order chi connectivity index (χ0) is 18.1. The number of nitrogens with one attached hydrogen (secondary N) is 1. The largest absolute Gasteiger partial charge is 0.497 e. The highest BCUT2D eigenvalue weighted by Crippen LogP contribution is 2.32. The molecule has 0 saturated carbocycles. The molecule has 26 heavy (non-hydrogen) atoms. The number of sulfonamides is 1. The Morgan fingerprint density at radius 2 is 1.92 bits per heavy atom. The molecule has 3 aromatic rings. The molecule has 1 atom stereocenters. The number of methoxy groups -OCH3 is 1. The number of aromatic amines is 1. The van der Waals surface area contributed by atoms with E-state index in [1.807, 2.05) is 24.3 Å². The van der Waals surface area contributed by atoms with Gasteiger partial charge in [0.05, 0.1) is 12.0 Å². The summed E-state index contributed by atoms with van der Waals surface area (Å²) in [5, 5.41) is 1.09. The van der Waals surface area contributed by atoms with Crippen LogP contribution in [-0.4, -0.2) is 37.9 Å². The Bertz CT molecular complexity index is 1010. The normalized spacial score (nSPS) is 18.9. The van der Waals surface area contributed by atoms with Gasteiger partial charge in [-0.15, -0.1) is 0 Å². The van der Waals surface area contributed by atoms with Gasteiger partial charge in [-0.05, 0) is 49.2 Å². The number of benzene rings is 2. The quantitative estimate of drug-likeness (QED) is 0.761. The first-order valence-electron chi connectivity index (χ1n) is 8.80. The molecule has 1 fully saturated rings. The summed E-state index contributed by atoms with van der Waals surface area (Å²) in [6.45, 7) is 1.07. The molecule has 4 rings (SSSR count). The van der Waals surface area contributed by atoms with Crippen LogP contribution >= 0.6 is 0 Å². The topological polar surface area (TPSA) is 62.4 Å². The summed E-state index contributed by atoms with van der Waals surface area (Å²) in [5.74, 6) is 0.987. The molecule has 1 unspecified atom stereocenters. The number of H-pyrrole nitrogens is 1. The number of hydrogen-bond donors (Lipinski definition) is 1. The molecule has 6 heteroatoms. The molecule has 136 valence electrons. The molecule has 0 amide bonds. The van der Waals surface area contributed by atoms with Gasteiger partial charge in [0.25, 0.3) is 0 Å². The summed E-state index contributed by atoms with van der Waals surface area (Å²) >= 11 is 0. The molecule has 0 aliphatic carbocycles. The van der Waals surface area contributed by atoms with Crippen molar-refractivity contribution in [2.45, 2.75) is 23.7 Å². The predicted octanol–water partition coefficient (Wildman–Crippen LogP) is 3.74. The molecule has 2 heterocycles. The van der Waals surface area contributed by atoms with Gasteiger partial charge in [0.1, 0.15) is 5.75 Å². The molecular formula is C20H22N2O3S. The highest BCUT2D eigenvalue weighted by atomic mass is 32.2. The zero-order valence-corrected chi connectivity index (χ0v) is 15.5. The number of hydrogen-bond acceptors (Lipinski definition) is 3. The van der Waals surface area contributed by atoms with Gasteiger partial charge in [-0.1, -0.05) is 18.2 Å². The summed E-state index contributed by atoms with van der Waals surface area (Å²) in [6, 6.07) is 16.7.